The van der Waals surface area contributed by atoms with Crippen LogP contribution in [-0.2, 0) is 9.59 Å². The minimum absolute atomic E-state index is 0.0353. The number of nitrogens with zero attached hydrogens (tertiary/aromatic N) is 1. The van der Waals surface area contributed by atoms with E-state index < -0.39 is 0 Å². The van der Waals surface area contributed by atoms with Crippen molar-refractivity contribution >= 4 is 29.1 Å². The summed E-state index contributed by atoms with van der Waals surface area (Å²) in [5.74, 6) is 0.558. The third-order valence-corrected chi connectivity index (χ3v) is 5.67. The minimum atomic E-state index is -0.348. The van der Waals surface area contributed by atoms with Crippen molar-refractivity contribution in [3.63, 3.8) is 0 Å². The van der Waals surface area contributed by atoms with Crippen LogP contribution in [-0.4, -0.2) is 55.6 Å². The lowest BCUT2D eigenvalue weighted by Gasteiger charge is -2.31. The molecule has 2 aromatic rings. The second kappa shape index (κ2) is 10.4. The molecule has 3 amide bonds. The smallest absolute Gasteiger partial charge is 0.257 e. The zero-order chi connectivity index (χ0) is 23.2. The molecule has 1 unspecified atom stereocenters. The standard InChI is InChI=1S/C24H28N4O5/c1-2-25-23(30)16-6-5-11-28(13-16)14-22(29)27-19-8-4-3-7-18(19)24(31)26-17-9-10-20-21(12-17)33-15-32-20/h3-4,7-10,12,16H,2,5-6,11,13-15H2,1H3,(H,25,30)(H,26,31)(H,27,29). The average Bonchev–Trinajstić information content (AvgIpc) is 3.27. The van der Waals surface area contributed by atoms with Crippen LogP contribution in [0, 0.1) is 5.92 Å². The van der Waals surface area contributed by atoms with Crippen LogP contribution in [0.4, 0.5) is 11.4 Å². The van der Waals surface area contributed by atoms with Crippen LogP contribution in [0.2, 0.25) is 0 Å². The van der Waals surface area contributed by atoms with Gasteiger partial charge in [0.2, 0.25) is 18.6 Å². The summed E-state index contributed by atoms with van der Waals surface area (Å²) in [4.78, 5) is 39.8. The number of ether oxygens (including phenoxy) is 2. The third kappa shape index (κ3) is 5.61. The van der Waals surface area contributed by atoms with Crippen LogP contribution in [0.3, 0.4) is 0 Å². The summed E-state index contributed by atoms with van der Waals surface area (Å²) >= 11 is 0. The number of para-hydroxylation sites is 1. The van der Waals surface area contributed by atoms with E-state index in [0.29, 0.717) is 41.5 Å². The number of carbonyl (C=O) groups is 3. The maximum atomic E-state index is 12.9. The van der Waals surface area contributed by atoms with E-state index in [1.807, 2.05) is 11.8 Å². The van der Waals surface area contributed by atoms with Crippen molar-refractivity contribution in [3.8, 4) is 11.5 Å². The summed E-state index contributed by atoms with van der Waals surface area (Å²) in [6, 6.07) is 12.0. The van der Waals surface area contributed by atoms with Crippen molar-refractivity contribution in [2.75, 3.05) is 43.6 Å². The molecule has 2 aromatic carbocycles. The van der Waals surface area contributed by atoms with E-state index in [-0.39, 0.29) is 37.0 Å². The van der Waals surface area contributed by atoms with Crippen LogP contribution in [0.1, 0.15) is 30.1 Å². The van der Waals surface area contributed by atoms with E-state index in [1.165, 1.54) is 0 Å². The third-order valence-electron chi connectivity index (χ3n) is 5.67. The molecule has 4 rings (SSSR count). The Morgan fingerprint density at radius 1 is 1.06 bits per heavy atom. The first-order valence-corrected chi connectivity index (χ1v) is 11.1. The normalized spacial score (nSPS) is 17.3. The number of benzene rings is 2. The fourth-order valence-corrected chi connectivity index (χ4v) is 4.09. The van der Waals surface area contributed by atoms with Crippen molar-refractivity contribution in [2.45, 2.75) is 19.8 Å². The predicted octanol–water partition coefficient (Wildman–Crippen LogP) is 2.45. The number of likely N-dealkylation sites (tertiary alicyclic amines) is 1. The van der Waals surface area contributed by atoms with Crippen LogP contribution in [0.5, 0.6) is 11.5 Å². The van der Waals surface area contributed by atoms with Crippen LogP contribution < -0.4 is 25.4 Å². The van der Waals surface area contributed by atoms with Crippen molar-refractivity contribution in [1.82, 2.24) is 10.2 Å². The highest BCUT2D eigenvalue weighted by Gasteiger charge is 2.26. The van der Waals surface area contributed by atoms with Crippen LogP contribution in [0.15, 0.2) is 42.5 Å². The Hall–Kier alpha value is -3.59. The highest BCUT2D eigenvalue weighted by atomic mass is 16.7. The first kappa shape index (κ1) is 22.6. The molecule has 2 heterocycles. The van der Waals surface area contributed by atoms with Gasteiger partial charge in [-0.25, -0.2) is 0 Å². The Labute approximate surface area is 192 Å². The molecule has 0 aromatic heterocycles. The maximum absolute atomic E-state index is 12.9. The van der Waals surface area contributed by atoms with Crippen molar-refractivity contribution < 1.29 is 23.9 Å². The Bertz CT molecular complexity index is 1040. The van der Waals surface area contributed by atoms with E-state index >= 15 is 0 Å². The fourth-order valence-electron chi connectivity index (χ4n) is 4.09. The van der Waals surface area contributed by atoms with Gasteiger partial charge in [-0.2, -0.15) is 0 Å². The predicted molar refractivity (Wildman–Crippen MR) is 123 cm³/mol. The highest BCUT2D eigenvalue weighted by molar-refractivity contribution is 6.10. The molecule has 1 atom stereocenters. The van der Waals surface area contributed by atoms with Gasteiger partial charge in [0.25, 0.3) is 5.91 Å². The molecule has 1 saturated heterocycles. The molecule has 0 saturated carbocycles. The van der Waals surface area contributed by atoms with Crippen LogP contribution >= 0.6 is 0 Å². The molecule has 9 heteroatoms. The number of nitrogens with one attached hydrogen (secondary N) is 3. The zero-order valence-corrected chi connectivity index (χ0v) is 18.6. The summed E-state index contributed by atoms with van der Waals surface area (Å²) in [5, 5.41) is 8.54. The Balaban J connectivity index is 1.37. The van der Waals surface area contributed by atoms with E-state index in [9.17, 15) is 14.4 Å². The van der Waals surface area contributed by atoms with Gasteiger partial charge in [-0.3, -0.25) is 19.3 Å². The van der Waals surface area contributed by atoms with Gasteiger partial charge in [0.1, 0.15) is 0 Å². The summed E-state index contributed by atoms with van der Waals surface area (Å²) in [7, 11) is 0. The number of fused-ring (bicyclic) bond motifs is 1. The molecular weight excluding hydrogens is 424 g/mol. The van der Waals surface area contributed by atoms with Crippen molar-refractivity contribution in [3.05, 3.63) is 48.0 Å². The topological polar surface area (TPSA) is 109 Å². The second-order valence-electron chi connectivity index (χ2n) is 8.08. The lowest BCUT2D eigenvalue weighted by atomic mass is 9.97. The zero-order valence-electron chi connectivity index (χ0n) is 18.6. The Morgan fingerprint density at radius 2 is 1.88 bits per heavy atom. The van der Waals surface area contributed by atoms with Gasteiger partial charge in [0, 0.05) is 24.8 Å². The quantitative estimate of drug-likeness (QED) is 0.596. The highest BCUT2D eigenvalue weighted by Crippen LogP contribution is 2.34. The van der Waals surface area contributed by atoms with Crippen molar-refractivity contribution in [1.29, 1.82) is 0 Å². The minimum Gasteiger partial charge on any atom is -0.454 e. The summed E-state index contributed by atoms with van der Waals surface area (Å²) in [6.07, 6.45) is 1.69. The number of piperidine rings is 1. The molecule has 2 aliphatic rings. The van der Waals surface area contributed by atoms with Gasteiger partial charge >= 0.3 is 0 Å². The summed E-state index contributed by atoms with van der Waals surface area (Å²) in [6.45, 7) is 4.12. The van der Waals surface area contributed by atoms with Gasteiger partial charge in [-0.1, -0.05) is 12.1 Å². The van der Waals surface area contributed by atoms with E-state index in [0.717, 1.165) is 19.4 Å². The largest absolute Gasteiger partial charge is 0.454 e. The van der Waals surface area contributed by atoms with E-state index in [2.05, 4.69) is 16.0 Å². The number of hydrogen-bond acceptors (Lipinski definition) is 6. The molecule has 9 nitrogen and oxygen atoms in total. The number of rotatable bonds is 7. The number of anilines is 2. The Morgan fingerprint density at radius 3 is 2.73 bits per heavy atom. The lowest BCUT2D eigenvalue weighted by molar-refractivity contribution is -0.127. The van der Waals surface area contributed by atoms with Gasteiger partial charge in [0.15, 0.2) is 11.5 Å². The number of hydrogen-bond donors (Lipinski definition) is 3. The second-order valence-corrected chi connectivity index (χ2v) is 8.08. The van der Waals surface area contributed by atoms with Crippen LogP contribution in [0.25, 0.3) is 0 Å². The molecule has 2 aliphatic heterocycles. The first-order valence-electron chi connectivity index (χ1n) is 11.1. The van der Waals surface area contributed by atoms with Gasteiger partial charge < -0.3 is 25.4 Å². The fraction of sp³-hybridized carbons (Fsp3) is 0.375. The molecule has 0 aliphatic carbocycles. The molecule has 0 bridgehead atoms. The van der Waals surface area contributed by atoms with Crippen molar-refractivity contribution in [2.24, 2.45) is 5.92 Å². The van der Waals surface area contributed by atoms with Gasteiger partial charge in [-0.15, -0.1) is 0 Å². The molecule has 1 fully saturated rings. The van der Waals surface area contributed by atoms with Gasteiger partial charge in [0.05, 0.1) is 23.7 Å². The van der Waals surface area contributed by atoms with E-state index in [1.54, 1.807) is 42.5 Å². The molecule has 3 N–H and O–H groups in total. The lowest BCUT2D eigenvalue weighted by Crippen LogP contribution is -2.45. The molecule has 174 valence electrons. The molecule has 0 radical (unpaired) electrons. The monoisotopic (exact) mass is 452 g/mol. The average molecular weight is 453 g/mol. The van der Waals surface area contributed by atoms with E-state index in [4.69, 9.17) is 9.47 Å². The maximum Gasteiger partial charge on any atom is 0.257 e. The van der Waals surface area contributed by atoms with Gasteiger partial charge in [-0.05, 0) is 50.6 Å². The molecule has 0 spiro atoms. The number of amides is 3. The summed E-state index contributed by atoms with van der Waals surface area (Å²) in [5.41, 5.74) is 1.34. The summed E-state index contributed by atoms with van der Waals surface area (Å²) < 4.78 is 10.6. The number of carbonyl (C=O) groups excluding carboxylic acids is 3. The Kier molecular flexibility index (Phi) is 7.09. The molecular formula is C24H28N4O5. The first-order chi connectivity index (χ1) is 16.0. The molecule has 33 heavy (non-hydrogen) atoms. The SMILES string of the molecule is CCNC(=O)C1CCCN(CC(=O)Nc2ccccc2C(=O)Nc2ccc3c(c2)OCO3)C1.